The highest BCUT2D eigenvalue weighted by atomic mass is 32.1. The lowest BCUT2D eigenvalue weighted by Crippen LogP contribution is -2.11. The first-order valence-corrected chi connectivity index (χ1v) is 6.41. The molecule has 0 bridgehead atoms. The summed E-state index contributed by atoms with van der Waals surface area (Å²) in [5, 5.41) is 11.6. The molecule has 0 aliphatic rings. The van der Waals surface area contributed by atoms with Crippen molar-refractivity contribution in [3.63, 3.8) is 0 Å². The molecule has 0 atom stereocenters. The summed E-state index contributed by atoms with van der Waals surface area (Å²) >= 11 is 1.52. The molecular formula is C13H14N2O2S. The fourth-order valence-corrected chi connectivity index (χ4v) is 2.40. The van der Waals surface area contributed by atoms with Crippen LogP contribution in [0.1, 0.15) is 36.8 Å². The molecule has 0 aliphatic heterocycles. The van der Waals surface area contributed by atoms with E-state index in [-0.39, 0.29) is 11.0 Å². The fraction of sp³-hybridized carbons (Fsp3) is 0.308. The average molecular weight is 262 g/mol. The standard InChI is InChI=1S/C13H14N2O2S/c1-13(2,3)10-7-18-11(15-10)9-5-4-8(6-14-9)12(16)17/h4-7H,1-3H3,(H,16,17). The third-order valence-electron chi connectivity index (χ3n) is 2.50. The van der Waals surface area contributed by atoms with Gasteiger partial charge in [0.15, 0.2) is 0 Å². The summed E-state index contributed by atoms with van der Waals surface area (Å²) in [5.41, 5.74) is 1.92. The quantitative estimate of drug-likeness (QED) is 0.902. The Hall–Kier alpha value is -1.75. The first-order valence-electron chi connectivity index (χ1n) is 5.53. The second kappa shape index (κ2) is 4.49. The van der Waals surface area contributed by atoms with Gasteiger partial charge in [-0.25, -0.2) is 9.78 Å². The van der Waals surface area contributed by atoms with Crippen molar-refractivity contribution in [3.05, 3.63) is 35.0 Å². The van der Waals surface area contributed by atoms with Gasteiger partial charge in [0.1, 0.15) is 5.01 Å². The van der Waals surface area contributed by atoms with Crippen LogP contribution in [0, 0.1) is 0 Å². The monoisotopic (exact) mass is 262 g/mol. The van der Waals surface area contributed by atoms with Gasteiger partial charge < -0.3 is 5.11 Å². The molecule has 0 saturated carbocycles. The fourth-order valence-electron chi connectivity index (χ4n) is 1.38. The topological polar surface area (TPSA) is 63.1 Å². The highest BCUT2D eigenvalue weighted by Crippen LogP contribution is 2.28. The first kappa shape index (κ1) is 12.7. The smallest absolute Gasteiger partial charge is 0.337 e. The maximum atomic E-state index is 10.7. The van der Waals surface area contributed by atoms with E-state index < -0.39 is 5.97 Å². The van der Waals surface area contributed by atoms with Crippen molar-refractivity contribution in [2.24, 2.45) is 0 Å². The molecule has 0 aromatic carbocycles. The number of carboxylic acids is 1. The van der Waals surface area contributed by atoms with Crippen molar-refractivity contribution in [2.45, 2.75) is 26.2 Å². The molecule has 2 aromatic rings. The summed E-state index contributed by atoms with van der Waals surface area (Å²) in [4.78, 5) is 19.4. The van der Waals surface area contributed by atoms with Gasteiger partial charge in [-0.1, -0.05) is 20.8 Å². The molecule has 0 radical (unpaired) electrons. The van der Waals surface area contributed by atoms with E-state index in [1.165, 1.54) is 17.5 Å². The Morgan fingerprint density at radius 2 is 2.06 bits per heavy atom. The van der Waals surface area contributed by atoms with Gasteiger partial charge in [-0.2, -0.15) is 0 Å². The maximum Gasteiger partial charge on any atom is 0.337 e. The first-order chi connectivity index (χ1) is 8.38. The van der Waals surface area contributed by atoms with E-state index in [1.54, 1.807) is 12.1 Å². The van der Waals surface area contributed by atoms with E-state index >= 15 is 0 Å². The number of carboxylic acid groups (broad SMARTS) is 1. The van der Waals surface area contributed by atoms with Gasteiger partial charge in [-0.3, -0.25) is 4.98 Å². The van der Waals surface area contributed by atoms with Gasteiger partial charge in [-0.15, -0.1) is 11.3 Å². The predicted octanol–water partition coefficient (Wildman–Crippen LogP) is 3.20. The Balaban J connectivity index is 2.32. The number of aromatic nitrogens is 2. The summed E-state index contributed by atoms with van der Waals surface area (Å²) in [7, 11) is 0. The van der Waals surface area contributed by atoms with Crippen LogP contribution in [-0.4, -0.2) is 21.0 Å². The van der Waals surface area contributed by atoms with Crippen LogP contribution in [0.25, 0.3) is 10.7 Å². The number of rotatable bonds is 2. The summed E-state index contributed by atoms with van der Waals surface area (Å²) in [6.07, 6.45) is 1.36. The molecular weight excluding hydrogens is 248 g/mol. The number of nitrogens with zero attached hydrogens (tertiary/aromatic N) is 2. The lowest BCUT2D eigenvalue weighted by molar-refractivity contribution is 0.0696. The van der Waals surface area contributed by atoms with Crippen LogP contribution in [0.5, 0.6) is 0 Å². The molecule has 0 unspecified atom stereocenters. The Labute approximate surface area is 109 Å². The van der Waals surface area contributed by atoms with E-state index in [0.29, 0.717) is 5.69 Å². The van der Waals surface area contributed by atoms with Crippen LogP contribution in [0.4, 0.5) is 0 Å². The molecule has 0 aliphatic carbocycles. The SMILES string of the molecule is CC(C)(C)c1csc(-c2ccc(C(=O)O)cn2)n1. The predicted molar refractivity (Wildman–Crippen MR) is 71.0 cm³/mol. The van der Waals surface area contributed by atoms with Crippen molar-refractivity contribution >= 4 is 17.3 Å². The lowest BCUT2D eigenvalue weighted by atomic mass is 9.93. The van der Waals surface area contributed by atoms with Crippen LogP contribution >= 0.6 is 11.3 Å². The molecule has 0 saturated heterocycles. The van der Waals surface area contributed by atoms with Crippen LogP contribution in [0.15, 0.2) is 23.7 Å². The van der Waals surface area contributed by atoms with Gasteiger partial charge in [0, 0.05) is 17.0 Å². The molecule has 0 amide bonds. The van der Waals surface area contributed by atoms with Crippen molar-refractivity contribution in [1.29, 1.82) is 0 Å². The van der Waals surface area contributed by atoms with Crippen LogP contribution in [-0.2, 0) is 5.41 Å². The van der Waals surface area contributed by atoms with Gasteiger partial charge in [0.2, 0.25) is 0 Å². The normalized spacial score (nSPS) is 11.5. The van der Waals surface area contributed by atoms with Crippen molar-refractivity contribution in [3.8, 4) is 10.7 Å². The highest BCUT2D eigenvalue weighted by Gasteiger charge is 2.18. The third-order valence-corrected chi connectivity index (χ3v) is 3.37. The summed E-state index contributed by atoms with van der Waals surface area (Å²) in [6.45, 7) is 6.31. The molecule has 4 nitrogen and oxygen atoms in total. The molecule has 18 heavy (non-hydrogen) atoms. The van der Waals surface area contributed by atoms with E-state index in [0.717, 1.165) is 10.7 Å². The Kier molecular flexibility index (Phi) is 3.17. The molecule has 0 spiro atoms. The molecule has 1 N–H and O–H groups in total. The molecule has 2 heterocycles. The second-order valence-corrected chi connectivity index (χ2v) is 5.88. The molecule has 2 rings (SSSR count). The average Bonchev–Trinajstić information content (AvgIpc) is 2.78. The van der Waals surface area contributed by atoms with E-state index in [2.05, 4.69) is 30.7 Å². The zero-order valence-corrected chi connectivity index (χ0v) is 11.3. The van der Waals surface area contributed by atoms with Gasteiger partial charge in [0.25, 0.3) is 0 Å². The molecule has 94 valence electrons. The zero-order chi connectivity index (χ0) is 13.3. The molecule has 0 fully saturated rings. The van der Waals surface area contributed by atoms with Crippen LogP contribution in [0.3, 0.4) is 0 Å². The zero-order valence-electron chi connectivity index (χ0n) is 10.5. The van der Waals surface area contributed by atoms with E-state index in [4.69, 9.17) is 5.11 Å². The number of hydrogen-bond acceptors (Lipinski definition) is 4. The number of carbonyl (C=O) groups is 1. The summed E-state index contributed by atoms with van der Waals surface area (Å²) < 4.78 is 0. The second-order valence-electron chi connectivity index (χ2n) is 5.03. The Morgan fingerprint density at radius 3 is 2.50 bits per heavy atom. The van der Waals surface area contributed by atoms with Crippen molar-refractivity contribution in [1.82, 2.24) is 9.97 Å². The number of aromatic carboxylic acids is 1. The summed E-state index contributed by atoms with van der Waals surface area (Å²) in [6, 6.07) is 3.23. The largest absolute Gasteiger partial charge is 0.478 e. The van der Waals surface area contributed by atoms with Gasteiger partial charge in [-0.05, 0) is 12.1 Å². The number of hydrogen-bond donors (Lipinski definition) is 1. The Bertz CT molecular complexity index is 567. The van der Waals surface area contributed by atoms with Crippen LogP contribution < -0.4 is 0 Å². The van der Waals surface area contributed by atoms with Gasteiger partial charge >= 0.3 is 5.97 Å². The van der Waals surface area contributed by atoms with Crippen molar-refractivity contribution < 1.29 is 9.90 Å². The minimum Gasteiger partial charge on any atom is -0.478 e. The minimum absolute atomic E-state index is 0.00968. The maximum absolute atomic E-state index is 10.7. The summed E-state index contributed by atoms with van der Waals surface area (Å²) in [5.74, 6) is -0.969. The number of thiazole rings is 1. The highest BCUT2D eigenvalue weighted by molar-refractivity contribution is 7.13. The van der Waals surface area contributed by atoms with Crippen molar-refractivity contribution in [2.75, 3.05) is 0 Å². The lowest BCUT2D eigenvalue weighted by Gasteiger charge is -2.14. The van der Waals surface area contributed by atoms with Crippen LogP contribution in [0.2, 0.25) is 0 Å². The third kappa shape index (κ3) is 2.56. The minimum atomic E-state index is -0.969. The number of pyridine rings is 1. The van der Waals surface area contributed by atoms with Gasteiger partial charge in [0.05, 0.1) is 17.0 Å². The van der Waals surface area contributed by atoms with E-state index in [1.807, 2.05) is 5.38 Å². The molecule has 5 heteroatoms. The molecule has 2 aromatic heterocycles. The van der Waals surface area contributed by atoms with E-state index in [9.17, 15) is 4.79 Å². The Morgan fingerprint density at radius 1 is 1.33 bits per heavy atom.